The highest BCUT2D eigenvalue weighted by atomic mass is 32.2. The zero-order valence-electron chi connectivity index (χ0n) is 11.9. The minimum atomic E-state index is 0.205. The molecule has 0 radical (unpaired) electrons. The molecule has 1 N–H and O–H groups in total. The zero-order valence-corrected chi connectivity index (χ0v) is 12.7. The van der Waals surface area contributed by atoms with Crippen molar-refractivity contribution in [3.8, 4) is 0 Å². The third kappa shape index (κ3) is 2.86. The topological polar surface area (TPSA) is 52.5 Å². The van der Waals surface area contributed by atoms with Crippen molar-refractivity contribution in [2.75, 3.05) is 41.8 Å². The predicted molar refractivity (Wildman–Crippen MR) is 83.6 cm³/mol. The molecule has 110 valence electrons. The molecule has 1 aromatic rings. The summed E-state index contributed by atoms with van der Waals surface area (Å²) in [4.78, 5) is 13.4. The van der Waals surface area contributed by atoms with Crippen LogP contribution in [0.25, 0.3) is 0 Å². The molecule has 2 saturated heterocycles. The van der Waals surface area contributed by atoms with Crippen molar-refractivity contribution in [1.82, 2.24) is 9.97 Å². The van der Waals surface area contributed by atoms with Crippen LogP contribution >= 0.6 is 11.8 Å². The van der Waals surface area contributed by atoms with E-state index in [2.05, 4.69) is 32.8 Å². The Morgan fingerprint density at radius 3 is 3.00 bits per heavy atom. The Kier molecular flexibility index (Phi) is 4.31. The molecule has 6 heteroatoms. The van der Waals surface area contributed by atoms with Gasteiger partial charge >= 0.3 is 0 Å². The first-order valence-corrected chi connectivity index (χ1v) is 8.39. The van der Waals surface area contributed by atoms with E-state index < -0.39 is 0 Å². The number of anilines is 2. The molecule has 20 heavy (non-hydrogen) atoms. The molecule has 0 aromatic carbocycles. The number of thioether (sulfide) groups is 1. The van der Waals surface area contributed by atoms with Crippen LogP contribution in [0.3, 0.4) is 0 Å². The lowest BCUT2D eigenvalue weighted by atomic mass is 10.2. The van der Waals surface area contributed by atoms with E-state index in [1.54, 1.807) is 6.33 Å². The monoisotopic (exact) mass is 294 g/mol. The van der Waals surface area contributed by atoms with Gasteiger partial charge in [-0.1, -0.05) is 6.92 Å². The van der Waals surface area contributed by atoms with Crippen LogP contribution in [0.1, 0.15) is 19.8 Å². The van der Waals surface area contributed by atoms with E-state index in [0.717, 1.165) is 49.9 Å². The van der Waals surface area contributed by atoms with Gasteiger partial charge in [0.05, 0.1) is 12.6 Å². The van der Waals surface area contributed by atoms with Crippen molar-refractivity contribution in [3.63, 3.8) is 0 Å². The largest absolute Gasteiger partial charge is 0.394 e. The maximum absolute atomic E-state index is 9.45. The number of aliphatic hydroxyl groups is 1. The lowest BCUT2D eigenvalue weighted by Crippen LogP contribution is -2.37. The van der Waals surface area contributed by atoms with Crippen LogP contribution in [0.15, 0.2) is 12.4 Å². The van der Waals surface area contributed by atoms with Crippen molar-refractivity contribution in [1.29, 1.82) is 0 Å². The molecule has 0 bridgehead atoms. The molecule has 5 nitrogen and oxygen atoms in total. The van der Waals surface area contributed by atoms with Gasteiger partial charge in [-0.2, -0.15) is 11.8 Å². The normalized spacial score (nSPS) is 27.1. The van der Waals surface area contributed by atoms with Crippen molar-refractivity contribution in [3.05, 3.63) is 12.4 Å². The highest BCUT2D eigenvalue weighted by Crippen LogP contribution is 2.27. The Morgan fingerprint density at radius 1 is 1.35 bits per heavy atom. The van der Waals surface area contributed by atoms with Gasteiger partial charge in [-0.25, -0.2) is 9.97 Å². The number of hydrogen-bond donors (Lipinski definition) is 1. The molecular weight excluding hydrogens is 272 g/mol. The van der Waals surface area contributed by atoms with Gasteiger partial charge in [-0.05, 0) is 12.8 Å². The summed E-state index contributed by atoms with van der Waals surface area (Å²) in [6.07, 6.45) is 3.83. The fourth-order valence-electron chi connectivity index (χ4n) is 3.02. The molecule has 2 aliphatic rings. The van der Waals surface area contributed by atoms with Gasteiger partial charge in [0.25, 0.3) is 0 Å². The third-order valence-electron chi connectivity index (χ3n) is 4.09. The lowest BCUT2D eigenvalue weighted by molar-refractivity contribution is 0.266. The van der Waals surface area contributed by atoms with Gasteiger partial charge in [-0.15, -0.1) is 0 Å². The summed E-state index contributed by atoms with van der Waals surface area (Å²) in [5.41, 5.74) is 0. The van der Waals surface area contributed by atoms with Crippen LogP contribution in [0, 0.1) is 0 Å². The first-order chi connectivity index (χ1) is 9.78. The fraction of sp³-hybridized carbons (Fsp3) is 0.714. The molecule has 2 fully saturated rings. The Labute approximate surface area is 124 Å². The van der Waals surface area contributed by atoms with Crippen molar-refractivity contribution < 1.29 is 5.11 Å². The molecule has 0 aliphatic carbocycles. The van der Waals surface area contributed by atoms with Crippen molar-refractivity contribution >= 4 is 23.4 Å². The third-order valence-corrected chi connectivity index (χ3v) is 5.22. The molecule has 0 unspecified atom stereocenters. The van der Waals surface area contributed by atoms with E-state index in [-0.39, 0.29) is 12.6 Å². The number of aliphatic hydroxyl groups excluding tert-OH is 1. The first-order valence-electron chi connectivity index (χ1n) is 7.34. The van der Waals surface area contributed by atoms with Gasteiger partial charge in [-0.3, -0.25) is 0 Å². The Bertz CT molecular complexity index is 459. The van der Waals surface area contributed by atoms with E-state index in [4.69, 9.17) is 0 Å². The van der Waals surface area contributed by atoms with E-state index in [1.165, 1.54) is 0 Å². The summed E-state index contributed by atoms with van der Waals surface area (Å²) in [7, 11) is 0. The molecule has 0 spiro atoms. The van der Waals surface area contributed by atoms with Gasteiger partial charge < -0.3 is 14.9 Å². The summed E-state index contributed by atoms with van der Waals surface area (Å²) in [6.45, 7) is 5.55. The summed E-state index contributed by atoms with van der Waals surface area (Å²) >= 11 is 2.02. The summed E-state index contributed by atoms with van der Waals surface area (Å²) in [5, 5.41) is 10.1. The van der Waals surface area contributed by atoms with Crippen LogP contribution in [-0.2, 0) is 0 Å². The second-order valence-corrected chi connectivity index (χ2v) is 7.08. The van der Waals surface area contributed by atoms with Crippen LogP contribution in [0.5, 0.6) is 0 Å². The maximum Gasteiger partial charge on any atom is 0.134 e. The minimum Gasteiger partial charge on any atom is -0.394 e. The van der Waals surface area contributed by atoms with Crippen LogP contribution in [0.4, 0.5) is 11.6 Å². The molecule has 2 atom stereocenters. The maximum atomic E-state index is 9.45. The van der Waals surface area contributed by atoms with E-state index in [1.807, 2.05) is 11.8 Å². The standard InChI is InChI=1S/C14H22N4OS/c1-11-8-17(5-6-20-11)13-7-14(16-10-15-13)18-4-2-3-12(18)9-19/h7,10-12,19H,2-6,8-9H2,1H3/t11-,12-/m0/s1. The van der Waals surface area contributed by atoms with Crippen LogP contribution in [-0.4, -0.2) is 58.4 Å². The number of aromatic nitrogens is 2. The van der Waals surface area contributed by atoms with Crippen molar-refractivity contribution in [2.45, 2.75) is 31.1 Å². The molecule has 2 aliphatic heterocycles. The molecule has 1 aromatic heterocycles. The molecular formula is C14H22N4OS. The van der Waals surface area contributed by atoms with Crippen LogP contribution < -0.4 is 9.80 Å². The second-order valence-electron chi connectivity index (χ2n) is 5.53. The first kappa shape index (κ1) is 13.9. The molecule has 0 amide bonds. The average molecular weight is 294 g/mol. The SMILES string of the molecule is C[C@H]1CN(c2cc(N3CCC[C@H]3CO)ncn2)CCS1. The Balaban J connectivity index is 1.78. The zero-order chi connectivity index (χ0) is 13.9. The molecule has 3 rings (SSSR count). The quantitative estimate of drug-likeness (QED) is 0.909. The van der Waals surface area contributed by atoms with E-state index in [9.17, 15) is 5.11 Å². The predicted octanol–water partition coefficient (Wildman–Crippen LogP) is 1.38. The number of hydrogen-bond acceptors (Lipinski definition) is 6. The second kappa shape index (κ2) is 6.18. The number of nitrogens with zero attached hydrogens (tertiary/aromatic N) is 4. The summed E-state index contributed by atoms with van der Waals surface area (Å²) < 4.78 is 0. The van der Waals surface area contributed by atoms with Crippen LogP contribution in [0.2, 0.25) is 0 Å². The molecule has 3 heterocycles. The average Bonchev–Trinajstić information content (AvgIpc) is 2.96. The highest BCUT2D eigenvalue weighted by Gasteiger charge is 2.26. The number of rotatable bonds is 3. The minimum absolute atomic E-state index is 0.205. The summed E-state index contributed by atoms with van der Waals surface area (Å²) in [6, 6.07) is 2.30. The van der Waals surface area contributed by atoms with Gasteiger partial charge in [0.1, 0.15) is 18.0 Å². The molecule has 0 saturated carbocycles. The summed E-state index contributed by atoms with van der Waals surface area (Å²) in [5.74, 6) is 3.13. The Morgan fingerprint density at radius 2 is 2.20 bits per heavy atom. The van der Waals surface area contributed by atoms with Gasteiger partial charge in [0, 0.05) is 36.7 Å². The fourth-order valence-corrected chi connectivity index (χ4v) is 4.03. The lowest BCUT2D eigenvalue weighted by Gasteiger charge is -2.32. The Hall–Kier alpha value is -1.01. The van der Waals surface area contributed by atoms with E-state index >= 15 is 0 Å². The highest BCUT2D eigenvalue weighted by molar-refractivity contribution is 8.00. The van der Waals surface area contributed by atoms with E-state index in [0.29, 0.717) is 5.25 Å². The van der Waals surface area contributed by atoms with Crippen molar-refractivity contribution in [2.24, 2.45) is 0 Å². The smallest absolute Gasteiger partial charge is 0.134 e. The van der Waals surface area contributed by atoms with Gasteiger partial charge in [0.2, 0.25) is 0 Å². The van der Waals surface area contributed by atoms with Gasteiger partial charge in [0.15, 0.2) is 0 Å².